The van der Waals surface area contributed by atoms with Crippen LogP contribution in [-0.4, -0.2) is 24.4 Å². The molecule has 2 bridgehead atoms. The van der Waals surface area contributed by atoms with E-state index in [0.717, 1.165) is 32.1 Å². The van der Waals surface area contributed by atoms with Gasteiger partial charge in [0.05, 0.1) is 10.0 Å². The Morgan fingerprint density at radius 2 is 2.17 bits per heavy atom. The molecule has 3 atom stereocenters. The zero-order valence-corrected chi connectivity index (χ0v) is 14.9. The molecule has 3 rings (SSSR count). The highest BCUT2D eigenvalue weighted by atomic mass is 35.5. The number of fused-ring (bicyclic) bond motifs is 2. The largest absolute Gasteiger partial charge is 0.310 e. The summed E-state index contributed by atoms with van der Waals surface area (Å²) in [7, 11) is 0. The summed E-state index contributed by atoms with van der Waals surface area (Å²) in [6, 6.07) is 5.82. The molecule has 0 saturated carbocycles. The van der Waals surface area contributed by atoms with Crippen LogP contribution in [0.5, 0.6) is 0 Å². The van der Waals surface area contributed by atoms with Gasteiger partial charge in [-0.2, -0.15) is 0 Å². The SMILES string of the molecule is [N-]=[N+]=NCCC[C@@]1(C(=O)c2ccc(Cl)c(Cl)c2)CC[C@H]2CC[C@@H]1N2. The van der Waals surface area contributed by atoms with Gasteiger partial charge >= 0.3 is 0 Å². The summed E-state index contributed by atoms with van der Waals surface area (Å²) in [4.78, 5) is 16.2. The molecule has 0 aromatic heterocycles. The predicted molar refractivity (Wildman–Crippen MR) is 95.7 cm³/mol. The number of azide groups is 1. The summed E-state index contributed by atoms with van der Waals surface area (Å²) >= 11 is 12.1. The van der Waals surface area contributed by atoms with Crippen LogP contribution in [0.4, 0.5) is 0 Å². The maximum Gasteiger partial charge on any atom is 0.170 e. The number of halogens is 2. The van der Waals surface area contributed by atoms with Gasteiger partial charge in [0.1, 0.15) is 0 Å². The summed E-state index contributed by atoms with van der Waals surface area (Å²) in [6.45, 7) is 0.420. The molecule has 1 aromatic carbocycles. The normalized spacial score (nSPS) is 28.4. The number of nitrogens with one attached hydrogen (secondary N) is 1. The van der Waals surface area contributed by atoms with Crippen LogP contribution in [0.25, 0.3) is 10.4 Å². The third kappa shape index (κ3) is 3.27. The van der Waals surface area contributed by atoms with Crippen LogP contribution in [0.3, 0.4) is 0 Å². The molecule has 1 aromatic rings. The molecule has 2 fully saturated rings. The van der Waals surface area contributed by atoms with Gasteiger partial charge in [0, 0.05) is 34.5 Å². The molecule has 2 aliphatic rings. The lowest BCUT2D eigenvalue weighted by Crippen LogP contribution is -2.53. The number of piperidine rings is 1. The van der Waals surface area contributed by atoms with Crippen LogP contribution in [0.2, 0.25) is 10.0 Å². The second-order valence-corrected chi connectivity index (χ2v) is 7.52. The first kappa shape index (κ1) is 17.6. The standard InChI is InChI=1S/C17H20Cl2N4O/c18-13-4-2-11(10-14(13)19)16(24)17(7-1-9-21-23-20)8-6-12-3-5-15(17)22-12/h2,4,10,12,15,22H,1,3,5-9H2/t12-,15+,17-/m1/s1. The van der Waals surface area contributed by atoms with Gasteiger partial charge in [-0.3, -0.25) is 4.79 Å². The number of ketones is 1. The van der Waals surface area contributed by atoms with Gasteiger partial charge in [0.15, 0.2) is 5.78 Å². The Bertz CT molecular complexity index is 689. The Balaban J connectivity index is 1.89. The highest BCUT2D eigenvalue weighted by Crippen LogP contribution is 2.46. The number of carbonyl (C=O) groups is 1. The Morgan fingerprint density at radius 3 is 2.92 bits per heavy atom. The molecule has 2 saturated heterocycles. The molecule has 0 unspecified atom stereocenters. The molecule has 24 heavy (non-hydrogen) atoms. The minimum Gasteiger partial charge on any atom is -0.310 e. The molecule has 1 N–H and O–H groups in total. The lowest BCUT2D eigenvalue weighted by atomic mass is 9.67. The summed E-state index contributed by atoms with van der Waals surface area (Å²) in [6.07, 6.45) is 5.43. The maximum absolute atomic E-state index is 13.4. The van der Waals surface area contributed by atoms with Crippen molar-refractivity contribution in [2.24, 2.45) is 10.5 Å². The molecule has 5 nitrogen and oxygen atoms in total. The molecule has 0 amide bonds. The Kier molecular flexibility index (Phi) is 5.36. The van der Waals surface area contributed by atoms with E-state index in [0.29, 0.717) is 34.6 Å². The molecule has 128 valence electrons. The van der Waals surface area contributed by atoms with Gasteiger partial charge in [-0.15, -0.1) is 0 Å². The molecule has 0 spiro atoms. The topological polar surface area (TPSA) is 77.9 Å². The Hall–Kier alpha value is -1.26. The number of rotatable bonds is 6. The van der Waals surface area contributed by atoms with Gasteiger partial charge in [-0.1, -0.05) is 28.3 Å². The summed E-state index contributed by atoms with van der Waals surface area (Å²) in [5.41, 5.74) is 8.63. The van der Waals surface area contributed by atoms with Crippen molar-refractivity contribution in [3.05, 3.63) is 44.3 Å². The van der Waals surface area contributed by atoms with Gasteiger partial charge < -0.3 is 5.32 Å². The monoisotopic (exact) mass is 366 g/mol. The molecule has 2 heterocycles. The van der Waals surface area contributed by atoms with E-state index in [2.05, 4.69) is 15.3 Å². The summed E-state index contributed by atoms with van der Waals surface area (Å²) in [5.74, 6) is 0.125. The lowest BCUT2D eigenvalue weighted by Gasteiger charge is -2.42. The highest BCUT2D eigenvalue weighted by Gasteiger charge is 2.50. The first-order valence-corrected chi connectivity index (χ1v) is 9.09. The van der Waals surface area contributed by atoms with Crippen molar-refractivity contribution in [2.45, 2.75) is 50.6 Å². The minimum atomic E-state index is -0.449. The molecular formula is C17H20Cl2N4O. The molecular weight excluding hydrogens is 347 g/mol. The van der Waals surface area contributed by atoms with Crippen molar-refractivity contribution < 1.29 is 4.79 Å². The molecule has 7 heteroatoms. The third-order valence-electron chi connectivity index (χ3n) is 5.42. The van der Waals surface area contributed by atoms with Crippen molar-refractivity contribution >= 4 is 29.0 Å². The van der Waals surface area contributed by atoms with Crippen molar-refractivity contribution in [2.75, 3.05) is 6.54 Å². The zero-order chi connectivity index (χ0) is 17.2. The van der Waals surface area contributed by atoms with Crippen LogP contribution in [0.15, 0.2) is 23.3 Å². The fourth-order valence-electron chi connectivity index (χ4n) is 4.21. The van der Waals surface area contributed by atoms with Crippen molar-refractivity contribution in [1.29, 1.82) is 0 Å². The van der Waals surface area contributed by atoms with E-state index in [4.69, 9.17) is 28.7 Å². The first-order valence-electron chi connectivity index (χ1n) is 8.33. The smallest absolute Gasteiger partial charge is 0.170 e. The van der Waals surface area contributed by atoms with Crippen LogP contribution >= 0.6 is 23.2 Å². The van der Waals surface area contributed by atoms with Gasteiger partial charge in [0.2, 0.25) is 0 Å². The molecule has 0 aliphatic carbocycles. The van der Waals surface area contributed by atoms with E-state index in [9.17, 15) is 4.79 Å². The third-order valence-corrected chi connectivity index (χ3v) is 6.16. The number of carbonyl (C=O) groups excluding carboxylic acids is 1. The van der Waals surface area contributed by atoms with Gasteiger partial charge in [-0.25, -0.2) is 0 Å². The zero-order valence-electron chi connectivity index (χ0n) is 13.3. The predicted octanol–water partition coefficient (Wildman–Crippen LogP) is 5.17. The van der Waals surface area contributed by atoms with Crippen LogP contribution in [0, 0.1) is 5.41 Å². The minimum absolute atomic E-state index is 0.125. The van der Waals surface area contributed by atoms with E-state index in [1.807, 2.05) is 0 Å². The fraction of sp³-hybridized carbons (Fsp3) is 0.588. The van der Waals surface area contributed by atoms with Crippen molar-refractivity contribution in [1.82, 2.24) is 5.32 Å². The number of hydrogen-bond acceptors (Lipinski definition) is 3. The Morgan fingerprint density at radius 1 is 1.33 bits per heavy atom. The van der Waals surface area contributed by atoms with Gasteiger partial charge in [-0.05, 0) is 62.3 Å². The maximum atomic E-state index is 13.4. The summed E-state index contributed by atoms with van der Waals surface area (Å²) < 4.78 is 0. The van der Waals surface area contributed by atoms with E-state index >= 15 is 0 Å². The Labute approximate surface area is 151 Å². The van der Waals surface area contributed by atoms with Gasteiger partial charge in [0.25, 0.3) is 0 Å². The molecule has 2 aliphatic heterocycles. The average molecular weight is 367 g/mol. The number of Topliss-reactive ketones (excluding diaryl/α,β-unsaturated/α-hetero) is 1. The average Bonchev–Trinajstić information content (AvgIpc) is 2.99. The second kappa shape index (κ2) is 7.32. The van der Waals surface area contributed by atoms with E-state index in [1.165, 1.54) is 0 Å². The van der Waals surface area contributed by atoms with Crippen LogP contribution in [-0.2, 0) is 0 Å². The number of hydrogen-bond donors (Lipinski definition) is 1. The summed E-state index contributed by atoms with van der Waals surface area (Å²) in [5, 5.41) is 8.09. The van der Waals surface area contributed by atoms with Crippen molar-refractivity contribution in [3.8, 4) is 0 Å². The van der Waals surface area contributed by atoms with E-state index in [1.54, 1.807) is 18.2 Å². The van der Waals surface area contributed by atoms with Crippen LogP contribution in [0.1, 0.15) is 48.9 Å². The second-order valence-electron chi connectivity index (χ2n) is 6.70. The number of nitrogens with zero attached hydrogens (tertiary/aromatic N) is 3. The van der Waals surface area contributed by atoms with E-state index < -0.39 is 5.41 Å². The first-order chi connectivity index (χ1) is 11.6. The highest BCUT2D eigenvalue weighted by molar-refractivity contribution is 6.42. The fourth-order valence-corrected chi connectivity index (χ4v) is 4.51. The number of benzene rings is 1. The van der Waals surface area contributed by atoms with Crippen molar-refractivity contribution in [3.63, 3.8) is 0 Å². The molecule has 0 radical (unpaired) electrons. The van der Waals surface area contributed by atoms with Crippen LogP contribution < -0.4 is 5.32 Å². The van der Waals surface area contributed by atoms with E-state index in [-0.39, 0.29) is 11.8 Å². The lowest BCUT2D eigenvalue weighted by molar-refractivity contribution is 0.0615. The quantitative estimate of drug-likeness (QED) is 0.248.